The summed E-state index contributed by atoms with van der Waals surface area (Å²) in [6, 6.07) is 7.24. The molecule has 0 unspecified atom stereocenters. The van der Waals surface area contributed by atoms with E-state index >= 15 is 0 Å². The van der Waals surface area contributed by atoms with Crippen molar-refractivity contribution in [2.24, 2.45) is 11.7 Å². The Kier molecular flexibility index (Phi) is 3.54. The van der Waals surface area contributed by atoms with Gasteiger partial charge >= 0.3 is 0 Å². The molecule has 5 N–H and O–H groups in total. The van der Waals surface area contributed by atoms with Crippen molar-refractivity contribution in [3.63, 3.8) is 0 Å². The molecule has 7 nitrogen and oxygen atoms in total. The quantitative estimate of drug-likeness (QED) is 0.664. The largest absolute Gasteiger partial charge is 0.389 e. The molecule has 132 valence electrons. The second-order valence-electron chi connectivity index (χ2n) is 6.52. The first-order chi connectivity index (χ1) is 12.3. The Morgan fingerprint density at radius 1 is 1.50 bits per heavy atom. The number of aliphatic hydroxyl groups is 1. The Morgan fingerprint density at radius 3 is 2.88 bits per heavy atom. The van der Waals surface area contributed by atoms with Gasteiger partial charge in [-0.3, -0.25) is 9.59 Å². The van der Waals surface area contributed by atoms with Crippen molar-refractivity contribution in [1.82, 2.24) is 9.88 Å². The molecule has 3 atom stereocenters. The van der Waals surface area contributed by atoms with Crippen molar-refractivity contribution in [2.45, 2.75) is 18.1 Å². The summed E-state index contributed by atoms with van der Waals surface area (Å²) in [6.45, 7) is 0. The maximum absolute atomic E-state index is 12.2. The Morgan fingerprint density at radius 2 is 2.27 bits per heavy atom. The average molecular weight is 368 g/mol. The number of anilines is 1. The highest BCUT2D eigenvalue weighted by molar-refractivity contribution is 7.19. The molecule has 1 aromatic heterocycles. The molecule has 2 heterocycles. The van der Waals surface area contributed by atoms with Gasteiger partial charge in [-0.15, -0.1) is 0 Å². The van der Waals surface area contributed by atoms with Crippen molar-refractivity contribution >= 4 is 28.2 Å². The van der Waals surface area contributed by atoms with Gasteiger partial charge in [-0.05, 0) is 18.6 Å². The number of carbonyl (C=O) groups excluding carboxylic acids is 2. The van der Waals surface area contributed by atoms with Crippen LogP contribution >= 0.6 is 11.3 Å². The minimum absolute atomic E-state index is 0.0511. The Balaban J connectivity index is 1.65. The second kappa shape index (κ2) is 5.56. The SMILES string of the molecule is CN1C(=O)[C@](O)(C#Cc2cccc(-c3nc(C(N)=O)c(N)s3)c2)[C@H]2C[C@H]21. The van der Waals surface area contributed by atoms with Crippen molar-refractivity contribution in [3.8, 4) is 22.4 Å². The lowest BCUT2D eigenvalue weighted by atomic mass is 9.99. The molecular weight excluding hydrogens is 352 g/mol. The van der Waals surface area contributed by atoms with Crippen LogP contribution in [0.3, 0.4) is 0 Å². The summed E-state index contributed by atoms with van der Waals surface area (Å²) in [5.41, 5.74) is 10.8. The third-order valence-electron chi connectivity index (χ3n) is 4.83. The van der Waals surface area contributed by atoms with Gasteiger partial charge in [0.1, 0.15) is 10.0 Å². The van der Waals surface area contributed by atoms with Crippen LogP contribution in [0, 0.1) is 17.8 Å². The maximum Gasteiger partial charge on any atom is 0.270 e. The van der Waals surface area contributed by atoms with Crippen LogP contribution < -0.4 is 11.5 Å². The Hall–Kier alpha value is -2.89. The number of likely N-dealkylation sites (tertiary alicyclic amines) is 1. The first kappa shape index (κ1) is 16.6. The number of carbonyl (C=O) groups is 2. The number of benzene rings is 1. The predicted molar refractivity (Wildman–Crippen MR) is 97.0 cm³/mol. The molecule has 2 fully saturated rings. The van der Waals surface area contributed by atoms with Gasteiger partial charge in [0, 0.05) is 30.1 Å². The van der Waals surface area contributed by atoms with Gasteiger partial charge in [0.2, 0.25) is 5.60 Å². The molecule has 2 aromatic rings. The molecule has 1 aliphatic heterocycles. The molecule has 1 saturated heterocycles. The monoisotopic (exact) mass is 368 g/mol. The first-order valence-corrected chi connectivity index (χ1v) is 8.82. The lowest BCUT2D eigenvalue weighted by molar-refractivity contribution is -0.140. The normalized spacial score (nSPS) is 26.2. The maximum atomic E-state index is 12.2. The highest BCUT2D eigenvalue weighted by Gasteiger charge is 2.66. The molecule has 1 aromatic carbocycles. The van der Waals surface area contributed by atoms with Gasteiger partial charge < -0.3 is 21.5 Å². The highest BCUT2D eigenvalue weighted by Crippen LogP contribution is 2.50. The second-order valence-corrected chi connectivity index (χ2v) is 7.55. The molecule has 1 saturated carbocycles. The van der Waals surface area contributed by atoms with Gasteiger partial charge in [0.05, 0.1) is 0 Å². The predicted octanol–water partition coefficient (Wildman–Crippen LogP) is 0.434. The summed E-state index contributed by atoms with van der Waals surface area (Å²) in [6.07, 6.45) is 0.780. The number of aromatic nitrogens is 1. The Bertz CT molecular complexity index is 1010. The van der Waals surface area contributed by atoms with Crippen LogP contribution in [-0.4, -0.2) is 45.5 Å². The molecule has 0 radical (unpaired) electrons. The van der Waals surface area contributed by atoms with Crippen LogP contribution in [0.5, 0.6) is 0 Å². The molecule has 26 heavy (non-hydrogen) atoms. The van der Waals surface area contributed by atoms with Crippen molar-refractivity contribution in [1.29, 1.82) is 0 Å². The lowest BCUT2D eigenvalue weighted by Crippen LogP contribution is -2.41. The zero-order chi connectivity index (χ0) is 18.6. The number of amides is 2. The molecule has 4 rings (SSSR count). The van der Waals surface area contributed by atoms with Gasteiger partial charge in [-0.2, -0.15) is 0 Å². The van der Waals surface area contributed by atoms with Gasteiger partial charge in [0.25, 0.3) is 11.8 Å². The zero-order valence-corrected chi connectivity index (χ0v) is 14.7. The van der Waals surface area contributed by atoms with E-state index in [4.69, 9.17) is 11.5 Å². The minimum atomic E-state index is -1.61. The number of likely N-dealkylation sites (N-methyl/N-ethyl adjacent to an activating group) is 1. The lowest BCUT2D eigenvalue weighted by Gasteiger charge is -2.18. The van der Waals surface area contributed by atoms with Crippen molar-refractivity contribution in [3.05, 3.63) is 35.5 Å². The number of nitrogens with zero attached hydrogens (tertiary/aromatic N) is 2. The summed E-state index contributed by atoms with van der Waals surface area (Å²) in [7, 11) is 1.69. The fourth-order valence-electron chi connectivity index (χ4n) is 3.31. The molecule has 2 aliphatic rings. The van der Waals surface area contributed by atoms with Gasteiger partial charge in [-0.1, -0.05) is 35.3 Å². The van der Waals surface area contributed by atoms with E-state index in [0.717, 1.165) is 23.3 Å². The number of primary amides is 1. The van der Waals surface area contributed by atoms with E-state index in [2.05, 4.69) is 16.8 Å². The average Bonchev–Trinajstić information content (AvgIpc) is 3.29. The molecule has 2 amide bonds. The molecule has 0 spiro atoms. The summed E-state index contributed by atoms with van der Waals surface area (Å²) in [5.74, 6) is 4.51. The molecule has 8 heteroatoms. The summed E-state index contributed by atoms with van der Waals surface area (Å²) >= 11 is 1.16. The topological polar surface area (TPSA) is 123 Å². The van der Waals surface area contributed by atoms with Crippen molar-refractivity contribution < 1.29 is 14.7 Å². The number of nitrogens with two attached hydrogens (primary N) is 2. The van der Waals surface area contributed by atoms with E-state index in [1.54, 1.807) is 30.1 Å². The fraction of sp³-hybridized carbons (Fsp3) is 0.278. The standard InChI is InChI=1S/C18H16N4O3S/c1-22-12-8-11(12)18(25,17(22)24)6-5-9-3-2-4-10(7-9)16-21-13(14(19)23)15(20)26-16/h2-4,7,11-12,25H,8,20H2,1H3,(H2,19,23)/t11-,12+,18-/m0/s1. The number of fused-ring (bicyclic) bond motifs is 1. The zero-order valence-electron chi connectivity index (χ0n) is 13.9. The fourth-order valence-corrected chi connectivity index (χ4v) is 4.15. The number of rotatable bonds is 2. The third-order valence-corrected chi connectivity index (χ3v) is 5.76. The molecular formula is C18H16N4O3S. The van der Waals surface area contributed by atoms with Crippen LogP contribution in [0.15, 0.2) is 24.3 Å². The van der Waals surface area contributed by atoms with Gasteiger partial charge in [-0.25, -0.2) is 4.98 Å². The summed E-state index contributed by atoms with van der Waals surface area (Å²) in [4.78, 5) is 29.2. The van der Waals surface area contributed by atoms with Crippen LogP contribution in [0.25, 0.3) is 10.6 Å². The molecule has 1 aliphatic carbocycles. The van der Waals surface area contributed by atoms with E-state index in [1.807, 2.05) is 6.07 Å². The third kappa shape index (κ3) is 2.44. The van der Waals surface area contributed by atoms with Crippen LogP contribution in [0.2, 0.25) is 0 Å². The number of nitrogen functional groups attached to an aromatic ring is 1. The summed E-state index contributed by atoms with van der Waals surface area (Å²) < 4.78 is 0. The van der Waals surface area contributed by atoms with Crippen LogP contribution in [0.4, 0.5) is 5.00 Å². The number of hydrogen-bond donors (Lipinski definition) is 3. The highest BCUT2D eigenvalue weighted by atomic mass is 32.1. The number of hydrogen-bond acceptors (Lipinski definition) is 6. The minimum Gasteiger partial charge on any atom is -0.389 e. The van der Waals surface area contributed by atoms with E-state index in [9.17, 15) is 14.7 Å². The number of piperidine rings is 1. The van der Waals surface area contributed by atoms with Gasteiger partial charge in [0.15, 0.2) is 5.69 Å². The smallest absolute Gasteiger partial charge is 0.270 e. The first-order valence-electron chi connectivity index (χ1n) is 8.00. The Labute approximate surface area is 153 Å². The summed E-state index contributed by atoms with van der Waals surface area (Å²) in [5, 5.41) is 11.5. The van der Waals surface area contributed by atoms with E-state index in [0.29, 0.717) is 10.6 Å². The van der Waals surface area contributed by atoms with Crippen LogP contribution in [0.1, 0.15) is 22.5 Å². The van der Waals surface area contributed by atoms with E-state index in [-0.39, 0.29) is 28.6 Å². The number of thiazole rings is 1. The van der Waals surface area contributed by atoms with E-state index in [1.165, 1.54) is 0 Å². The van der Waals surface area contributed by atoms with Crippen LogP contribution in [-0.2, 0) is 4.79 Å². The molecule has 0 bridgehead atoms. The van der Waals surface area contributed by atoms with E-state index < -0.39 is 11.5 Å². The van der Waals surface area contributed by atoms with Crippen molar-refractivity contribution in [2.75, 3.05) is 12.8 Å².